The molecule has 2 bridgehead atoms. The number of ether oxygens (including phenoxy) is 1. The van der Waals surface area contributed by atoms with Gasteiger partial charge >= 0.3 is 0 Å². The Labute approximate surface area is 135 Å². The third-order valence-corrected chi connectivity index (χ3v) is 5.25. The molecule has 1 N–H and O–H groups in total. The number of anilines is 2. The highest BCUT2D eigenvalue weighted by atomic mass is 19.1. The van der Waals surface area contributed by atoms with E-state index in [1.54, 1.807) is 19.4 Å². The molecule has 5 rings (SSSR count). The first-order valence-electron chi connectivity index (χ1n) is 8.27. The molecule has 1 aromatic carbocycles. The maximum Gasteiger partial charge on any atom is 0.216 e. The predicted molar refractivity (Wildman–Crippen MR) is 89.2 cm³/mol. The number of aromatic nitrogens is 1. The molecule has 0 radical (unpaired) electrons. The fourth-order valence-electron chi connectivity index (χ4n) is 4.17. The molecule has 0 atom stereocenters. The second-order valence-corrected chi connectivity index (χ2v) is 6.67. The maximum absolute atomic E-state index is 14.1. The lowest BCUT2D eigenvalue weighted by atomic mass is 9.67. The number of nitrogens with zero attached hydrogens (tertiary/aromatic N) is 1. The molecule has 2 aromatic rings. The van der Waals surface area contributed by atoms with Crippen molar-refractivity contribution in [2.45, 2.75) is 44.4 Å². The predicted octanol–water partition coefficient (Wildman–Crippen LogP) is 5.04. The van der Waals surface area contributed by atoms with E-state index in [0.717, 1.165) is 17.1 Å². The van der Waals surface area contributed by atoms with Crippen molar-refractivity contribution in [3.8, 4) is 5.88 Å². The Bertz CT molecular complexity index is 751. The van der Waals surface area contributed by atoms with Crippen LogP contribution in [0.5, 0.6) is 5.88 Å². The zero-order valence-electron chi connectivity index (χ0n) is 13.5. The van der Waals surface area contributed by atoms with E-state index in [1.807, 2.05) is 13.0 Å². The lowest BCUT2D eigenvalue weighted by molar-refractivity contribution is 0.329. The van der Waals surface area contributed by atoms with Crippen molar-refractivity contribution in [1.29, 1.82) is 0 Å². The van der Waals surface area contributed by atoms with Crippen LogP contribution >= 0.6 is 0 Å². The van der Waals surface area contributed by atoms with Crippen molar-refractivity contribution in [2.75, 3.05) is 12.4 Å². The van der Waals surface area contributed by atoms with Crippen LogP contribution in [0.2, 0.25) is 0 Å². The minimum absolute atomic E-state index is 0.235. The molecular weight excluding hydrogens is 291 g/mol. The van der Waals surface area contributed by atoms with Gasteiger partial charge in [0, 0.05) is 5.56 Å². The van der Waals surface area contributed by atoms with E-state index in [4.69, 9.17) is 4.74 Å². The number of hydrogen-bond donors (Lipinski definition) is 1. The summed E-state index contributed by atoms with van der Waals surface area (Å²) >= 11 is 0. The number of halogens is 1. The van der Waals surface area contributed by atoms with E-state index in [9.17, 15) is 4.39 Å². The Morgan fingerprint density at radius 2 is 1.78 bits per heavy atom. The molecule has 120 valence electrons. The van der Waals surface area contributed by atoms with Crippen molar-refractivity contribution in [2.24, 2.45) is 0 Å². The lowest BCUT2D eigenvalue weighted by Crippen LogP contribution is -2.24. The molecule has 23 heavy (non-hydrogen) atoms. The minimum atomic E-state index is -0.235. The largest absolute Gasteiger partial charge is 0.481 e. The van der Waals surface area contributed by atoms with Crippen LogP contribution in [0, 0.1) is 12.7 Å². The van der Waals surface area contributed by atoms with Crippen LogP contribution in [0.3, 0.4) is 0 Å². The second kappa shape index (κ2) is 5.52. The lowest BCUT2D eigenvalue weighted by Gasteiger charge is -2.39. The van der Waals surface area contributed by atoms with Gasteiger partial charge in [-0.15, -0.1) is 0 Å². The minimum Gasteiger partial charge on any atom is -0.481 e. The van der Waals surface area contributed by atoms with E-state index in [0.29, 0.717) is 17.5 Å². The Balaban J connectivity index is 1.81. The normalized spacial score (nSPS) is 21.9. The number of fused-ring (bicyclic) bond motifs is 2. The highest BCUT2D eigenvalue weighted by Crippen LogP contribution is 2.54. The van der Waals surface area contributed by atoms with Crippen LogP contribution in [0.4, 0.5) is 15.8 Å². The average Bonchev–Trinajstić information content (AvgIpc) is 2.59. The van der Waals surface area contributed by atoms with Gasteiger partial charge in [-0.3, -0.25) is 0 Å². The summed E-state index contributed by atoms with van der Waals surface area (Å²) in [5.41, 5.74) is 5.01. The van der Waals surface area contributed by atoms with Crippen molar-refractivity contribution in [1.82, 2.24) is 4.98 Å². The first-order chi connectivity index (χ1) is 11.2. The standard InChI is InChI=1S/C19H21FN2O/c1-11-3-8-14(20)15(9-11)22-16-10-21-19(23-2)18-13-6-4-12(5-7-13)17(16)18/h3,8-10,12-13,22H,4-7H2,1-2H3. The van der Waals surface area contributed by atoms with Crippen LogP contribution in [0.25, 0.3) is 0 Å². The van der Waals surface area contributed by atoms with Crippen LogP contribution in [-0.4, -0.2) is 12.1 Å². The summed E-state index contributed by atoms with van der Waals surface area (Å²) in [6.07, 6.45) is 6.61. The Hall–Kier alpha value is -2.10. The van der Waals surface area contributed by atoms with Gasteiger partial charge in [0.05, 0.1) is 24.7 Å². The first kappa shape index (κ1) is 14.5. The summed E-state index contributed by atoms with van der Waals surface area (Å²) in [7, 11) is 1.68. The zero-order valence-corrected chi connectivity index (χ0v) is 13.5. The summed E-state index contributed by atoms with van der Waals surface area (Å²) in [6, 6.07) is 5.13. The molecular formula is C19H21FN2O. The van der Waals surface area contributed by atoms with E-state index in [1.165, 1.54) is 42.9 Å². The van der Waals surface area contributed by atoms with Gasteiger partial charge in [0.1, 0.15) is 5.82 Å². The molecule has 3 aliphatic carbocycles. The average molecular weight is 312 g/mol. The van der Waals surface area contributed by atoms with Crippen molar-refractivity contribution in [3.05, 3.63) is 46.9 Å². The number of methoxy groups -OCH3 is 1. The second-order valence-electron chi connectivity index (χ2n) is 6.67. The summed E-state index contributed by atoms with van der Waals surface area (Å²) in [6.45, 7) is 1.97. The van der Waals surface area contributed by atoms with Gasteiger partial charge in [-0.25, -0.2) is 9.37 Å². The van der Waals surface area contributed by atoms with Gasteiger partial charge in [-0.05, 0) is 67.7 Å². The van der Waals surface area contributed by atoms with Gasteiger partial charge in [-0.1, -0.05) is 6.07 Å². The molecule has 4 heteroatoms. The topological polar surface area (TPSA) is 34.1 Å². The molecule has 0 saturated heterocycles. The fraction of sp³-hybridized carbons (Fsp3) is 0.421. The highest BCUT2D eigenvalue weighted by Gasteiger charge is 2.37. The maximum atomic E-state index is 14.1. The Morgan fingerprint density at radius 1 is 1.09 bits per heavy atom. The number of nitrogens with one attached hydrogen (secondary N) is 1. The number of aryl methyl sites for hydroxylation is 1. The molecule has 0 spiro atoms. The summed E-state index contributed by atoms with van der Waals surface area (Å²) in [4.78, 5) is 4.47. The zero-order chi connectivity index (χ0) is 16.0. The van der Waals surface area contributed by atoms with E-state index < -0.39 is 0 Å². The Morgan fingerprint density at radius 3 is 2.48 bits per heavy atom. The fourth-order valence-corrected chi connectivity index (χ4v) is 4.17. The van der Waals surface area contributed by atoms with Crippen molar-refractivity contribution < 1.29 is 9.13 Å². The van der Waals surface area contributed by atoms with Gasteiger partial charge < -0.3 is 10.1 Å². The number of benzene rings is 1. The molecule has 1 fully saturated rings. The van der Waals surface area contributed by atoms with Crippen molar-refractivity contribution in [3.63, 3.8) is 0 Å². The number of hydrogen-bond acceptors (Lipinski definition) is 3. The molecule has 0 amide bonds. The smallest absolute Gasteiger partial charge is 0.216 e. The first-order valence-corrected chi connectivity index (χ1v) is 8.27. The molecule has 1 heterocycles. The molecule has 3 nitrogen and oxygen atoms in total. The number of pyridine rings is 1. The highest BCUT2D eigenvalue weighted by molar-refractivity contribution is 5.68. The van der Waals surface area contributed by atoms with E-state index in [-0.39, 0.29) is 5.82 Å². The van der Waals surface area contributed by atoms with Crippen LogP contribution in [0.15, 0.2) is 24.4 Å². The van der Waals surface area contributed by atoms with Gasteiger partial charge in [0.25, 0.3) is 0 Å². The monoisotopic (exact) mass is 312 g/mol. The van der Waals surface area contributed by atoms with Gasteiger partial charge in [-0.2, -0.15) is 0 Å². The summed E-state index contributed by atoms with van der Waals surface area (Å²) in [5, 5.41) is 3.28. The van der Waals surface area contributed by atoms with Crippen LogP contribution < -0.4 is 10.1 Å². The molecule has 1 saturated carbocycles. The molecule has 3 aliphatic rings. The third kappa shape index (κ3) is 2.37. The van der Waals surface area contributed by atoms with E-state index in [2.05, 4.69) is 10.3 Å². The van der Waals surface area contributed by atoms with Crippen molar-refractivity contribution >= 4 is 11.4 Å². The van der Waals surface area contributed by atoms with Gasteiger partial charge in [0.15, 0.2) is 0 Å². The Kier molecular flexibility index (Phi) is 3.47. The molecule has 0 unspecified atom stereocenters. The molecule has 0 aliphatic heterocycles. The quantitative estimate of drug-likeness (QED) is 0.862. The molecule has 1 aromatic heterocycles. The summed E-state index contributed by atoms with van der Waals surface area (Å²) < 4.78 is 19.6. The van der Waals surface area contributed by atoms with Gasteiger partial charge in [0.2, 0.25) is 5.88 Å². The van der Waals surface area contributed by atoms with Crippen LogP contribution in [-0.2, 0) is 0 Å². The summed E-state index contributed by atoms with van der Waals surface area (Å²) in [5.74, 6) is 1.56. The van der Waals surface area contributed by atoms with E-state index >= 15 is 0 Å². The van der Waals surface area contributed by atoms with Crippen LogP contribution in [0.1, 0.15) is 54.2 Å². The third-order valence-electron chi connectivity index (χ3n) is 5.25. The number of rotatable bonds is 3. The SMILES string of the molecule is COc1ncc(Nc2cc(C)ccc2F)c2c1C1CCC2CC1.